The van der Waals surface area contributed by atoms with Gasteiger partial charge in [-0.3, -0.25) is 14.4 Å². The van der Waals surface area contributed by atoms with E-state index in [4.69, 9.17) is 0 Å². The normalized spacial score (nSPS) is 17.8. The SMILES string of the molecule is CC(=O)C1C(=O)C=CN=C1NC(=O)c1ccccc1. The van der Waals surface area contributed by atoms with Gasteiger partial charge in [-0.15, -0.1) is 0 Å². The first-order valence-electron chi connectivity index (χ1n) is 5.74. The minimum Gasteiger partial charge on any atom is -0.309 e. The van der Waals surface area contributed by atoms with Gasteiger partial charge in [0.25, 0.3) is 5.91 Å². The largest absolute Gasteiger partial charge is 0.309 e. The molecule has 96 valence electrons. The van der Waals surface area contributed by atoms with E-state index < -0.39 is 11.8 Å². The summed E-state index contributed by atoms with van der Waals surface area (Å²) in [4.78, 5) is 38.9. The fraction of sp³-hybridized carbons (Fsp3) is 0.143. The highest BCUT2D eigenvalue weighted by Gasteiger charge is 2.30. The number of carbonyl (C=O) groups excluding carboxylic acids is 3. The molecule has 1 aromatic carbocycles. The molecule has 1 unspecified atom stereocenters. The number of rotatable bonds is 2. The average Bonchev–Trinajstić information content (AvgIpc) is 2.39. The Morgan fingerprint density at radius 1 is 1.21 bits per heavy atom. The van der Waals surface area contributed by atoms with E-state index in [9.17, 15) is 14.4 Å². The van der Waals surface area contributed by atoms with Crippen LogP contribution in [0.1, 0.15) is 17.3 Å². The smallest absolute Gasteiger partial charge is 0.256 e. The van der Waals surface area contributed by atoms with Gasteiger partial charge in [0.05, 0.1) is 0 Å². The first-order valence-corrected chi connectivity index (χ1v) is 5.74. The van der Waals surface area contributed by atoms with Crippen LogP contribution in [-0.4, -0.2) is 23.3 Å². The van der Waals surface area contributed by atoms with Crippen LogP contribution in [0.25, 0.3) is 0 Å². The van der Waals surface area contributed by atoms with Crippen molar-refractivity contribution in [2.24, 2.45) is 10.9 Å². The minimum absolute atomic E-state index is 0.0776. The average molecular weight is 256 g/mol. The summed E-state index contributed by atoms with van der Waals surface area (Å²) in [5.41, 5.74) is 0.439. The Morgan fingerprint density at radius 3 is 2.53 bits per heavy atom. The van der Waals surface area contributed by atoms with Crippen LogP contribution in [-0.2, 0) is 9.59 Å². The van der Waals surface area contributed by atoms with E-state index in [1.54, 1.807) is 30.3 Å². The molecule has 0 fully saturated rings. The van der Waals surface area contributed by atoms with E-state index in [1.807, 2.05) is 0 Å². The number of hydrogen-bond acceptors (Lipinski definition) is 4. The summed E-state index contributed by atoms with van der Waals surface area (Å²) < 4.78 is 0. The van der Waals surface area contributed by atoms with Gasteiger partial charge in [0.1, 0.15) is 17.5 Å². The molecular weight excluding hydrogens is 244 g/mol. The second-order valence-corrected chi connectivity index (χ2v) is 4.10. The van der Waals surface area contributed by atoms with E-state index >= 15 is 0 Å². The predicted molar refractivity (Wildman–Crippen MR) is 69.7 cm³/mol. The van der Waals surface area contributed by atoms with Crippen molar-refractivity contribution in [3.63, 3.8) is 0 Å². The summed E-state index contributed by atoms with van der Waals surface area (Å²) in [7, 11) is 0. The van der Waals surface area contributed by atoms with Crippen LogP contribution >= 0.6 is 0 Å². The second-order valence-electron chi connectivity index (χ2n) is 4.10. The van der Waals surface area contributed by atoms with E-state index in [-0.39, 0.29) is 17.4 Å². The van der Waals surface area contributed by atoms with Crippen LogP contribution in [0.5, 0.6) is 0 Å². The Hall–Kier alpha value is -2.56. The van der Waals surface area contributed by atoms with Crippen molar-refractivity contribution >= 4 is 23.3 Å². The maximum atomic E-state index is 11.9. The molecule has 0 aliphatic carbocycles. The van der Waals surface area contributed by atoms with Gasteiger partial charge < -0.3 is 5.32 Å². The molecule has 0 radical (unpaired) electrons. The summed E-state index contributed by atoms with van der Waals surface area (Å²) in [6.07, 6.45) is 2.51. The maximum absolute atomic E-state index is 11.9. The number of benzene rings is 1. The van der Waals surface area contributed by atoms with Crippen molar-refractivity contribution in [3.8, 4) is 0 Å². The zero-order valence-corrected chi connectivity index (χ0v) is 10.3. The van der Waals surface area contributed by atoms with E-state index in [1.165, 1.54) is 19.2 Å². The number of nitrogens with zero attached hydrogens (tertiary/aromatic N) is 1. The van der Waals surface area contributed by atoms with E-state index in [0.717, 1.165) is 0 Å². The van der Waals surface area contributed by atoms with Gasteiger partial charge in [-0.25, -0.2) is 4.99 Å². The van der Waals surface area contributed by atoms with Crippen LogP contribution in [0.15, 0.2) is 47.6 Å². The molecule has 1 heterocycles. The standard InChI is InChI=1S/C14H12N2O3/c1-9(17)12-11(18)7-8-15-13(12)16-14(19)10-5-3-2-4-6-10/h2-8,12H,1H3,(H,15,16,19). The van der Waals surface area contributed by atoms with Gasteiger partial charge in [0.15, 0.2) is 5.78 Å². The zero-order chi connectivity index (χ0) is 13.8. The maximum Gasteiger partial charge on any atom is 0.256 e. The van der Waals surface area contributed by atoms with Crippen molar-refractivity contribution in [2.75, 3.05) is 0 Å². The molecule has 1 atom stereocenters. The summed E-state index contributed by atoms with van der Waals surface area (Å²) in [6.45, 7) is 1.30. The molecule has 1 aromatic rings. The third kappa shape index (κ3) is 2.82. The lowest BCUT2D eigenvalue weighted by atomic mass is 9.96. The molecule has 0 aromatic heterocycles. The summed E-state index contributed by atoms with van der Waals surface area (Å²) in [6, 6.07) is 8.52. The topological polar surface area (TPSA) is 75.6 Å². The minimum atomic E-state index is -1.02. The Morgan fingerprint density at radius 2 is 1.89 bits per heavy atom. The molecule has 5 nitrogen and oxygen atoms in total. The molecule has 5 heteroatoms. The Labute approximate surface area is 110 Å². The highest BCUT2D eigenvalue weighted by atomic mass is 16.2. The van der Waals surface area contributed by atoms with Gasteiger partial charge in [0, 0.05) is 17.8 Å². The fourth-order valence-electron chi connectivity index (χ4n) is 1.77. The number of amidine groups is 1. The van der Waals surface area contributed by atoms with E-state index in [2.05, 4.69) is 10.3 Å². The molecule has 1 N–H and O–H groups in total. The molecule has 1 aliphatic rings. The number of allylic oxidation sites excluding steroid dienone is 1. The number of amides is 1. The molecule has 1 amide bonds. The van der Waals surface area contributed by atoms with Gasteiger partial charge in [-0.1, -0.05) is 18.2 Å². The van der Waals surface area contributed by atoms with Crippen LogP contribution in [0, 0.1) is 5.92 Å². The molecule has 19 heavy (non-hydrogen) atoms. The van der Waals surface area contributed by atoms with Crippen LogP contribution in [0.2, 0.25) is 0 Å². The number of hydrogen-bond donors (Lipinski definition) is 1. The van der Waals surface area contributed by atoms with E-state index in [0.29, 0.717) is 5.56 Å². The van der Waals surface area contributed by atoms with Crippen LogP contribution in [0.4, 0.5) is 0 Å². The van der Waals surface area contributed by atoms with Gasteiger partial charge >= 0.3 is 0 Å². The number of ketones is 2. The van der Waals surface area contributed by atoms with Crippen LogP contribution < -0.4 is 5.32 Å². The summed E-state index contributed by atoms with van der Waals surface area (Å²) >= 11 is 0. The Balaban J connectivity index is 2.20. The van der Waals surface area contributed by atoms with Crippen molar-refractivity contribution in [3.05, 3.63) is 48.2 Å². The number of aliphatic imine (C=N–C) groups is 1. The van der Waals surface area contributed by atoms with Crippen LogP contribution in [0.3, 0.4) is 0 Å². The number of Topliss-reactive ketones (excluding diaryl/α,β-unsaturated/α-hetero) is 1. The third-order valence-electron chi connectivity index (χ3n) is 2.69. The monoisotopic (exact) mass is 256 g/mol. The fourth-order valence-corrected chi connectivity index (χ4v) is 1.77. The Kier molecular flexibility index (Phi) is 3.66. The molecular formula is C14H12N2O3. The molecule has 2 rings (SSSR count). The van der Waals surface area contributed by atoms with Crippen molar-refractivity contribution < 1.29 is 14.4 Å². The Bertz CT molecular complexity index is 588. The highest BCUT2D eigenvalue weighted by molar-refractivity contribution is 6.26. The first-order chi connectivity index (χ1) is 9.09. The van der Waals surface area contributed by atoms with Gasteiger partial charge in [-0.05, 0) is 19.1 Å². The second kappa shape index (κ2) is 5.39. The molecule has 0 saturated carbocycles. The lowest BCUT2D eigenvalue weighted by Crippen LogP contribution is -2.43. The lowest BCUT2D eigenvalue weighted by molar-refractivity contribution is -0.126. The predicted octanol–water partition coefficient (Wildman–Crippen LogP) is 1.12. The van der Waals surface area contributed by atoms with Crippen molar-refractivity contribution in [1.29, 1.82) is 0 Å². The molecule has 1 aliphatic heterocycles. The van der Waals surface area contributed by atoms with Gasteiger partial charge in [0.2, 0.25) is 0 Å². The van der Waals surface area contributed by atoms with Gasteiger partial charge in [-0.2, -0.15) is 0 Å². The lowest BCUT2D eigenvalue weighted by Gasteiger charge is -2.17. The number of carbonyl (C=O) groups is 3. The molecule has 0 saturated heterocycles. The van der Waals surface area contributed by atoms with Crippen molar-refractivity contribution in [1.82, 2.24) is 5.32 Å². The number of nitrogens with one attached hydrogen (secondary N) is 1. The quantitative estimate of drug-likeness (QED) is 0.805. The zero-order valence-electron chi connectivity index (χ0n) is 10.3. The highest BCUT2D eigenvalue weighted by Crippen LogP contribution is 2.10. The summed E-state index contributed by atoms with van der Waals surface area (Å²) in [5.74, 6) is -2.05. The first kappa shape index (κ1) is 12.9. The van der Waals surface area contributed by atoms with Crippen molar-refractivity contribution in [2.45, 2.75) is 6.92 Å². The molecule has 0 spiro atoms. The summed E-state index contributed by atoms with van der Waals surface area (Å²) in [5, 5.41) is 2.52. The molecule has 0 bridgehead atoms. The third-order valence-corrected chi connectivity index (χ3v) is 2.69.